The van der Waals surface area contributed by atoms with Crippen LogP contribution < -0.4 is 5.32 Å². The fourth-order valence-corrected chi connectivity index (χ4v) is 3.24. The van der Waals surface area contributed by atoms with Crippen molar-refractivity contribution in [3.05, 3.63) is 51.7 Å². The van der Waals surface area contributed by atoms with Crippen LogP contribution in [0.25, 0.3) is 0 Å². The van der Waals surface area contributed by atoms with Crippen LogP contribution in [0.4, 0.5) is 5.69 Å². The van der Waals surface area contributed by atoms with E-state index < -0.39 is 11.4 Å². The van der Waals surface area contributed by atoms with Gasteiger partial charge >= 0.3 is 5.97 Å². The molecule has 3 rings (SSSR count). The Bertz CT molecular complexity index is 699. The molecule has 0 spiro atoms. The van der Waals surface area contributed by atoms with Crippen molar-refractivity contribution in [2.24, 2.45) is 0 Å². The fraction of sp³-hybridized carbons (Fsp3) is 0.250. The van der Waals surface area contributed by atoms with E-state index in [0.29, 0.717) is 24.1 Å². The van der Waals surface area contributed by atoms with Gasteiger partial charge in [-0.25, -0.2) is 0 Å². The van der Waals surface area contributed by atoms with Crippen molar-refractivity contribution in [1.82, 2.24) is 0 Å². The number of thiophene rings is 1. The van der Waals surface area contributed by atoms with E-state index in [-0.39, 0.29) is 5.91 Å². The number of carboxylic acids is 1. The molecule has 1 aromatic heterocycles. The van der Waals surface area contributed by atoms with Crippen molar-refractivity contribution in [1.29, 1.82) is 0 Å². The molecule has 1 aliphatic rings. The lowest BCUT2D eigenvalue weighted by Crippen LogP contribution is -2.19. The van der Waals surface area contributed by atoms with Gasteiger partial charge in [0, 0.05) is 11.1 Å². The van der Waals surface area contributed by atoms with Crippen LogP contribution >= 0.6 is 11.3 Å². The molecule has 1 amide bonds. The van der Waals surface area contributed by atoms with Gasteiger partial charge in [0.2, 0.25) is 0 Å². The summed E-state index contributed by atoms with van der Waals surface area (Å²) in [6.45, 7) is 1.90. The maximum absolute atomic E-state index is 12.1. The molecule has 1 aromatic carbocycles. The molecule has 0 bridgehead atoms. The Hall–Kier alpha value is -2.14. The quantitative estimate of drug-likeness (QED) is 0.909. The second-order valence-electron chi connectivity index (χ2n) is 5.39. The van der Waals surface area contributed by atoms with E-state index >= 15 is 0 Å². The van der Waals surface area contributed by atoms with Crippen LogP contribution in [0.15, 0.2) is 35.0 Å². The smallest absolute Gasteiger partial charge is 0.314 e. The van der Waals surface area contributed by atoms with Crippen molar-refractivity contribution in [2.45, 2.75) is 25.2 Å². The van der Waals surface area contributed by atoms with Crippen LogP contribution in [-0.2, 0) is 10.2 Å². The van der Waals surface area contributed by atoms with Gasteiger partial charge in [-0.15, -0.1) is 0 Å². The Morgan fingerprint density at radius 1 is 1.19 bits per heavy atom. The lowest BCUT2D eigenvalue weighted by atomic mass is 9.96. The number of rotatable bonds is 4. The third kappa shape index (κ3) is 2.45. The number of hydrogen-bond donors (Lipinski definition) is 2. The van der Waals surface area contributed by atoms with Crippen molar-refractivity contribution in [3.63, 3.8) is 0 Å². The van der Waals surface area contributed by atoms with Crippen LogP contribution in [0.3, 0.4) is 0 Å². The normalized spacial score (nSPS) is 15.5. The van der Waals surface area contributed by atoms with Crippen molar-refractivity contribution in [3.8, 4) is 0 Å². The Balaban J connectivity index is 1.75. The van der Waals surface area contributed by atoms with Crippen LogP contribution in [0, 0.1) is 6.92 Å². The molecular weight excluding hydrogens is 286 g/mol. The van der Waals surface area contributed by atoms with Crippen LogP contribution in [0.5, 0.6) is 0 Å². The largest absolute Gasteiger partial charge is 0.481 e. The molecule has 1 heterocycles. The number of aryl methyl sites for hydroxylation is 1. The molecule has 1 aliphatic carbocycles. The molecule has 2 N–H and O–H groups in total. The van der Waals surface area contributed by atoms with E-state index in [1.165, 1.54) is 11.3 Å². The van der Waals surface area contributed by atoms with Gasteiger partial charge in [0.05, 0.1) is 11.0 Å². The molecule has 0 atom stereocenters. The first kappa shape index (κ1) is 13.8. The van der Waals surface area contributed by atoms with E-state index in [0.717, 1.165) is 11.1 Å². The standard InChI is InChI=1S/C16H15NO3S/c1-10-8-21-9-13(10)14(18)17-12-4-2-11(3-5-12)16(6-7-16)15(19)20/h2-5,8-9H,6-7H2,1H3,(H,17,18)(H,19,20). The van der Waals surface area contributed by atoms with E-state index in [1.807, 2.05) is 17.7 Å². The molecular formula is C16H15NO3S. The minimum absolute atomic E-state index is 0.138. The number of amides is 1. The monoisotopic (exact) mass is 301 g/mol. The summed E-state index contributed by atoms with van der Waals surface area (Å²) < 4.78 is 0. The highest BCUT2D eigenvalue weighted by molar-refractivity contribution is 7.08. The molecule has 5 heteroatoms. The summed E-state index contributed by atoms with van der Waals surface area (Å²) in [5.74, 6) is -0.908. The van der Waals surface area contributed by atoms with E-state index in [4.69, 9.17) is 0 Å². The number of anilines is 1. The zero-order valence-electron chi connectivity index (χ0n) is 11.6. The summed E-state index contributed by atoms with van der Waals surface area (Å²) in [5.41, 5.74) is 2.41. The Labute approximate surface area is 126 Å². The number of carboxylic acid groups (broad SMARTS) is 1. The maximum Gasteiger partial charge on any atom is 0.314 e. The fourth-order valence-electron chi connectivity index (χ4n) is 2.42. The van der Waals surface area contributed by atoms with Gasteiger partial charge in [0.1, 0.15) is 0 Å². The van der Waals surface area contributed by atoms with Gasteiger partial charge in [-0.3, -0.25) is 9.59 Å². The minimum Gasteiger partial charge on any atom is -0.481 e. The van der Waals surface area contributed by atoms with Gasteiger partial charge in [0.15, 0.2) is 0 Å². The molecule has 108 valence electrons. The van der Waals surface area contributed by atoms with Crippen LogP contribution in [0.2, 0.25) is 0 Å². The first-order valence-corrected chi connectivity index (χ1v) is 7.65. The highest BCUT2D eigenvalue weighted by Gasteiger charge is 2.51. The number of carbonyl (C=O) groups is 2. The third-order valence-electron chi connectivity index (χ3n) is 3.95. The summed E-state index contributed by atoms with van der Waals surface area (Å²) in [6.07, 6.45) is 1.37. The molecule has 0 unspecified atom stereocenters. The second kappa shape index (κ2) is 5.00. The number of carbonyl (C=O) groups excluding carboxylic acids is 1. The highest BCUT2D eigenvalue weighted by atomic mass is 32.1. The number of nitrogens with one attached hydrogen (secondary N) is 1. The Kier molecular flexibility index (Phi) is 3.29. The molecule has 2 aromatic rings. The molecule has 0 radical (unpaired) electrons. The third-order valence-corrected chi connectivity index (χ3v) is 4.82. The predicted molar refractivity (Wildman–Crippen MR) is 82.0 cm³/mol. The minimum atomic E-state index is -0.770. The topological polar surface area (TPSA) is 66.4 Å². The predicted octanol–water partition coefficient (Wildman–Crippen LogP) is 3.43. The number of hydrogen-bond acceptors (Lipinski definition) is 3. The lowest BCUT2D eigenvalue weighted by Gasteiger charge is -2.11. The molecule has 4 nitrogen and oxygen atoms in total. The number of aliphatic carboxylic acids is 1. The molecule has 21 heavy (non-hydrogen) atoms. The first-order chi connectivity index (χ1) is 10.0. The zero-order valence-corrected chi connectivity index (χ0v) is 12.4. The average Bonchev–Trinajstić information content (AvgIpc) is 3.16. The Morgan fingerprint density at radius 2 is 1.86 bits per heavy atom. The van der Waals surface area contributed by atoms with Crippen molar-refractivity contribution < 1.29 is 14.7 Å². The van der Waals surface area contributed by atoms with Gasteiger partial charge in [-0.05, 0) is 48.4 Å². The number of benzene rings is 1. The van der Waals surface area contributed by atoms with E-state index in [1.54, 1.807) is 24.3 Å². The average molecular weight is 301 g/mol. The Morgan fingerprint density at radius 3 is 2.33 bits per heavy atom. The zero-order chi connectivity index (χ0) is 15.0. The molecule has 1 fully saturated rings. The van der Waals surface area contributed by atoms with Gasteiger partial charge in [-0.1, -0.05) is 12.1 Å². The molecule has 0 saturated heterocycles. The van der Waals surface area contributed by atoms with Gasteiger partial charge < -0.3 is 10.4 Å². The van der Waals surface area contributed by atoms with Crippen molar-refractivity contribution >= 4 is 28.9 Å². The van der Waals surface area contributed by atoms with Crippen LogP contribution in [-0.4, -0.2) is 17.0 Å². The van der Waals surface area contributed by atoms with Crippen molar-refractivity contribution in [2.75, 3.05) is 5.32 Å². The molecule has 1 saturated carbocycles. The summed E-state index contributed by atoms with van der Waals surface area (Å²) in [6, 6.07) is 7.10. The maximum atomic E-state index is 12.1. The summed E-state index contributed by atoms with van der Waals surface area (Å²) in [7, 11) is 0. The van der Waals surface area contributed by atoms with E-state index in [9.17, 15) is 14.7 Å². The SMILES string of the molecule is Cc1cscc1C(=O)Nc1ccc(C2(C(=O)O)CC2)cc1. The lowest BCUT2D eigenvalue weighted by molar-refractivity contribution is -0.140. The van der Waals surface area contributed by atoms with Gasteiger partial charge in [-0.2, -0.15) is 11.3 Å². The molecule has 0 aliphatic heterocycles. The van der Waals surface area contributed by atoms with Gasteiger partial charge in [0.25, 0.3) is 5.91 Å². The highest BCUT2D eigenvalue weighted by Crippen LogP contribution is 2.48. The first-order valence-electron chi connectivity index (χ1n) is 6.71. The second-order valence-corrected chi connectivity index (χ2v) is 6.13. The van der Waals surface area contributed by atoms with Crippen LogP contribution in [0.1, 0.15) is 34.3 Å². The summed E-state index contributed by atoms with van der Waals surface area (Å²) >= 11 is 1.50. The van der Waals surface area contributed by atoms with E-state index in [2.05, 4.69) is 5.32 Å². The summed E-state index contributed by atoms with van der Waals surface area (Å²) in [5, 5.41) is 15.8. The summed E-state index contributed by atoms with van der Waals surface area (Å²) in [4.78, 5) is 23.4.